The van der Waals surface area contributed by atoms with Crippen molar-refractivity contribution in [3.8, 4) is 0 Å². The first-order chi connectivity index (χ1) is 13.2. The third kappa shape index (κ3) is 4.28. The molecule has 2 N–H and O–H groups in total. The summed E-state index contributed by atoms with van der Waals surface area (Å²) in [4.78, 5) is 16.6. The van der Waals surface area contributed by atoms with E-state index in [-0.39, 0.29) is 6.61 Å². The van der Waals surface area contributed by atoms with Crippen LogP contribution in [-0.2, 0) is 14.8 Å². The number of anilines is 1. The summed E-state index contributed by atoms with van der Waals surface area (Å²) in [6, 6.07) is 4.93. The number of rotatable bonds is 5. The highest BCUT2D eigenvalue weighted by Gasteiger charge is 2.32. The predicted molar refractivity (Wildman–Crippen MR) is 109 cm³/mol. The van der Waals surface area contributed by atoms with Gasteiger partial charge in [0.1, 0.15) is 11.8 Å². The molecule has 148 valence electrons. The highest BCUT2D eigenvalue weighted by atomic mass is 32.2. The highest BCUT2D eigenvalue weighted by Crippen LogP contribution is 2.24. The number of hydrogen-bond acceptors (Lipinski definition) is 7. The minimum atomic E-state index is -3.42. The van der Waals surface area contributed by atoms with Gasteiger partial charge in [0.15, 0.2) is 0 Å². The van der Waals surface area contributed by atoms with Crippen LogP contribution in [0.2, 0.25) is 0 Å². The molecule has 1 aromatic rings. The number of carbonyl (C=O) groups excluding carboxylic acids is 1. The van der Waals surface area contributed by atoms with Crippen LogP contribution < -0.4 is 10.0 Å². The molecule has 0 aromatic heterocycles. The Bertz CT molecular complexity index is 1050. The van der Waals surface area contributed by atoms with Gasteiger partial charge in [-0.05, 0) is 38.5 Å². The lowest BCUT2D eigenvalue weighted by atomic mass is 9.97. The maximum absolute atomic E-state index is 11.9. The third-order valence-electron chi connectivity index (χ3n) is 4.14. The number of allylic oxidation sites excluding steroid dienone is 1. The second-order valence-corrected chi connectivity index (χ2v) is 8.20. The average Bonchev–Trinajstić information content (AvgIpc) is 2.97. The molecule has 9 nitrogen and oxygen atoms in total. The van der Waals surface area contributed by atoms with Gasteiger partial charge in [0.25, 0.3) is 0 Å². The Kier molecular flexibility index (Phi) is 5.32. The highest BCUT2D eigenvalue weighted by molar-refractivity contribution is 7.92. The molecule has 0 saturated carbocycles. The van der Waals surface area contributed by atoms with E-state index in [1.807, 2.05) is 13.0 Å². The van der Waals surface area contributed by atoms with Crippen molar-refractivity contribution >= 4 is 38.9 Å². The van der Waals surface area contributed by atoms with Gasteiger partial charge in [-0.15, -0.1) is 0 Å². The van der Waals surface area contributed by atoms with Crippen molar-refractivity contribution in [2.24, 2.45) is 15.2 Å². The first kappa shape index (κ1) is 19.7. The predicted octanol–water partition coefficient (Wildman–Crippen LogP) is 2.00. The van der Waals surface area contributed by atoms with Crippen LogP contribution in [0.1, 0.15) is 25.0 Å². The molecule has 0 bridgehead atoms. The van der Waals surface area contributed by atoms with E-state index in [2.05, 4.69) is 25.2 Å². The summed E-state index contributed by atoms with van der Waals surface area (Å²) < 4.78 is 30.7. The van der Waals surface area contributed by atoms with Crippen molar-refractivity contribution < 1.29 is 17.9 Å². The Hall–Kier alpha value is -3.01. The zero-order valence-corrected chi connectivity index (χ0v) is 16.8. The van der Waals surface area contributed by atoms with Crippen LogP contribution in [-0.4, -0.2) is 50.6 Å². The number of sulfonamides is 1. The van der Waals surface area contributed by atoms with Crippen LogP contribution in [0.3, 0.4) is 0 Å². The van der Waals surface area contributed by atoms with E-state index >= 15 is 0 Å². The van der Waals surface area contributed by atoms with E-state index in [1.165, 1.54) is 0 Å². The largest absolute Gasteiger partial charge is 0.450 e. The first-order valence-electron chi connectivity index (χ1n) is 8.62. The maximum atomic E-state index is 11.9. The molecule has 0 spiro atoms. The van der Waals surface area contributed by atoms with Crippen molar-refractivity contribution in [3.63, 3.8) is 0 Å². The van der Waals surface area contributed by atoms with E-state index in [0.717, 1.165) is 11.8 Å². The molecule has 10 heteroatoms. The SMILES string of the molecule is CCOC(=O)NC1=CC(c2ccc(C)c(NS(C)(=O)=O)c2)=NC2C(C)=NN=C12. The van der Waals surface area contributed by atoms with Crippen LogP contribution in [0, 0.1) is 6.92 Å². The molecule has 0 saturated heterocycles. The normalized spacial score (nSPS) is 18.4. The van der Waals surface area contributed by atoms with E-state index in [4.69, 9.17) is 4.74 Å². The summed E-state index contributed by atoms with van der Waals surface area (Å²) in [7, 11) is -3.42. The number of nitrogens with zero attached hydrogens (tertiary/aromatic N) is 3. The van der Waals surface area contributed by atoms with Crippen LogP contribution in [0.5, 0.6) is 0 Å². The molecule has 2 aliphatic heterocycles. The number of hydrogen-bond donors (Lipinski definition) is 2. The number of ether oxygens (including phenoxy) is 1. The molecule has 3 rings (SSSR count). The Morgan fingerprint density at radius 3 is 2.68 bits per heavy atom. The number of amides is 1. The monoisotopic (exact) mass is 403 g/mol. The van der Waals surface area contributed by atoms with Gasteiger partial charge < -0.3 is 4.74 Å². The fourth-order valence-electron chi connectivity index (χ4n) is 2.81. The van der Waals surface area contributed by atoms with Crippen molar-refractivity contribution in [3.05, 3.63) is 41.1 Å². The number of alkyl carbamates (subject to hydrolysis) is 1. The van der Waals surface area contributed by atoms with Gasteiger partial charge in [-0.25, -0.2) is 13.2 Å². The van der Waals surface area contributed by atoms with Gasteiger partial charge in [-0.3, -0.25) is 15.0 Å². The number of aryl methyl sites for hydroxylation is 1. The molecule has 28 heavy (non-hydrogen) atoms. The Balaban J connectivity index is 2.00. The number of nitrogens with one attached hydrogen (secondary N) is 2. The summed E-state index contributed by atoms with van der Waals surface area (Å²) in [6.07, 6.45) is 2.18. The lowest BCUT2D eigenvalue weighted by molar-refractivity contribution is 0.155. The second-order valence-electron chi connectivity index (χ2n) is 6.45. The van der Waals surface area contributed by atoms with Crippen molar-refractivity contribution in [2.45, 2.75) is 26.8 Å². The molecular weight excluding hydrogens is 382 g/mol. The van der Waals surface area contributed by atoms with Gasteiger partial charge in [-0.2, -0.15) is 10.2 Å². The molecule has 0 fully saturated rings. The van der Waals surface area contributed by atoms with Gasteiger partial charge in [0.05, 0.1) is 35.7 Å². The summed E-state index contributed by atoms with van der Waals surface area (Å²) in [5, 5.41) is 10.9. The summed E-state index contributed by atoms with van der Waals surface area (Å²) in [5.41, 5.74) is 4.20. The number of dihydropyridines is 1. The topological polar surface area (TPSA) is 122 Å². The lowest BCUT2D eigenvalue weighted by Gasteiger charge is -2.20. The summed E-state index contributed by atoms with van der Waals surface area (Å²) in [5.74, 6) is 0. The van der Waals surface area contributed by atoms with Crippen LogP contribution >= 0.6 is 0 Å². The molecule has 2 heterocycles. The molecule has 0 radical (unpaired) electrons. The Labute approximate surface area is 163 Å². The third-order valence-corrected chi connectivity index (χ3v) is 4.73. The minimum Gasteiger partial charge on any atom is -0.450 e. The molecule has 1 aromatic carbocycles. The van der Waals surface area contributed by atoms with E-state index in [1.54, 1.807) is 32.1 Å². The zero-order valence-electron chi connectivity index (χ0n) is 16.0. The molecule has 1 atom stereocenters. The molecule has 0 aliphatic carbocycles. The van der Waals surface area contributed by atoms with Gasteiger partial charge in [0, 0.05) is 5.56 Å². The Morgan fingerprint density at radius 1 is 1.25 bits per heavy atom. The molecule has 1 amide bonds. The molecule has 1 unspecified atom stereocenters. The van der Waals surface area contributed by atoms with E-state index in [0.29, 0.717) is 34.1 Å². The number of benzene rings is 1. The standard InChI is InChI=1S/C18H21N5O4S/c1-5-27-18(24)20-15-9-14(19-16-11(3)21-22-17(15)16)12-7-6-10(2)13(8-12)23-28(4,25)26/h6-9,16,23H,5H2,1-4H3,(H,20,24). The van der Waals surface area contributed by atoms with Gasteiger partial charge in [-0.1, -0.05) is 12.1 Å². The Morgan fingerprint density at radius 2 is 2.00 bits per heavy atom. The van der Waals surface area contributed by atoms with Crippen LogP contribution in [0.25, 0.3) is 0 Å². The quantitative estimate of drug-likeness (QED) is 0.781. The fraction of sp³-hybridized carbons (Fsp3) is 0.333. The number of fused-ring (bicyclic) bond motifs is 1. The van der Waals surface area contributed by atoms with Crippen molar-refractivity contribution in [2.75, 3.05) is 17.6 Å². The minimum absolute atomic E-state index is 0.240. The maximum Gasteiger partial charge on any atom is 0.411 e. The van der Waals surface area contributed by atoms with Gasteiger partial charge in [0.2, 0.25) is 10.0 Å². The molecule has 2 aliphatic rings. The summed E-state index contributed by atoms with van der Waals surface area (Å²) >= 11 is 0. The second kappa shape index (κ2) is 7.55. The van der Waals surface area contributed by atoms with E-state index < -0.39 is 22.2 Å². The van der Waals surface area contributed by atoms with Crippen molar-refractivity contribution in [1.82, 2.24) is 5.32 Å². The summed E-state index contributed by atoms with van der Waals surface area (Å²) in [6.45, 7) is 5.57. The lowest BCUT2D eigenvalue weighted by Crippen LogP contribution is -2.37. The molecular formula is C18H21N5O4S. The smallest absolute Gasteiger partial charge is 0.411 e. The number of carbonyl (C=O) groups is 1. The van der Waals surface area contributed by atoms with E-state index in [9.17, 15) is 13.2 Å². The van der Waals surface area contributed by atoms with Crippen molar-refractivity contribution in [1.29, 1.82) is 0 Å². The average molecular weight is 403 g/mol. The first-order valence-corrected chi connectivity index (χ1v) is 10.5. The van der Waals surface area contributed by atoms with Gasteiger partial charge >= 0.3 is 6.09 Å². The number of aliphatic imine (C=N–C) groups is 1. The van der Waals surface area contributed by atoms with Crippen LogP contribution in [0.15, 0.2) is 45.2 Å². The zero-order chi connectivity index (χ0) is 20.5. The fourth-order valence-corrected chi connectivity index (χ4v) is 3.43. The van der Waals surface area contributed by atoms with Crippen LogP contribution in [0.4, 0.5) is 10.5 Å².